The summed E-state index contributed by atoms with van der Waals surface area (Å²) < 4.78 is 4.01. The number of anilines is 1. The molecule has 2 rings (SSSR count). The van der Waals surface area contributed by atoms with Gasteiger partial charge in [-0.2, -0.15) is 11.8 Å². The van der Waals surface area contributed by atoms with Gasteiger partial charge in [0.25, 0.3) is 0 Å². The average Bonchev–Trinajstić information content (AvgIpc) is 2.86. The molecule has 2 aromatic rings. The van der Waals surface area contributed by atoms with Crippen molar-refractivity contribution in [2.24, 2.45) is 0 Å². The first-order chi connectivity index (χ1) is 9.31. The van der Waals surface area contributed by atoms with Crippen LogP contribution in [-0.2, 0) is 11.5 Å². The van der Waals surface area contributed by atoms with Gasteiger partial charge >= 0.3 is 0 Å². The lowest BCUT2D eigenvalue weighted by atomic mass is 10.2. The molecule has 0 saturated heterocycles. The number of nitrogens with zero attached hydrogens (tertiary/aromatic N) is 2. The van der Waals surface area contributed by atoms with Crippen molar-refractivity contribution in [3.63, 3.8) is 0 Å². The molecule has 0 amide bonds. The van der Waals surface area contributed by atoms with Gasteiger partial charge in [-0.15, -0.1) is 5.10 Å². The number of halogens is 1. The Bertz CT molecular complexity index is 516. The van der Waals surface area contributed by atoms with E-state index in [9.17, 15) is 0 Å². The van der Waals surface area contributed by atoms with Crippen LogP contribution in [0.2, 0.25) is 5.02 Å². The predicted molar refractivity (Wildman–Crippen MR) is 85.1 cm³/mol. The van der Waals surface area contributed by atoms with E-state index in [2.05, 4.69) is 27.9 Å². The van der Waals surface area contributed by atoms with Crippen molar-refractivity contribution < 1.29 is 0 Å². The van der Waals surface area contributed by atoms with Gasteiger partial charge in [0.15, 0.2) is 0 Å². The fourth-order valence-corrected chi connectivity index (χ4v) is 3.50. The molecule has 0 saturated carbocycles. The molecule has 1 heterocycles. The fourth-order valence-electron chi connectivity index (χ4n) is 1.55. The van der Waals surface area contributed by atoms with E-state index < -0.39 is 0 Å². The van der Waals surface area contributed by atoms with E-state index >= 15 is 0 Å². The predicted octanol–water partition coefficient (Wildman–Crippen LogP) is 4.45. The Hall–Kier alpha value is -0.780. The van der Waals surface area contributed by atoms with Crippen molar-refractivity contribution in [2.45, 2.75) is 24.9 Å². The van der Waals surface area contributed by atoms with Crippen LogP contribution in [0.3, 0.4) is 0 Å². The third-order valence-corrected chi connectivity index (χ3v) is 4.63. The molecule has 0 aliphatic rings. The highest BCUT2D eigenvalue weighted by Gasteiger charge is 2.08. The summed E-state index contributed by atoms with van der Waals surface area (Å²) in [5, 5.41) is 9.45. The average molecular weight is 314 g/mol. The first-order valence-electron chi connectivity index (χ1n) is 6.17. The van der Waals surface area contributed by atoms with Gasteiger partial charge in [-0.1, -0.05) is 41.2 Å². The highest BCUT2D eigenvalue weighted by molar-refractivity contribution is 7.97. The van der Waals surface area contributed by atoms with Crippen LogP contribution in [0.25, 0.3) is 0 Å². The second kappa shape index (κ2) is 7.72. The standard InChI is InChI=1S/C13H16ClN3S2/c1-2-7-15-13-12(16-17-19-13)9-18-8-10-5-3-4-6-11(10)14/h3-6,15H,2,7-9H2,1H3. The van der Waals surface area contributed by atoms with E-state index in [1.165, 1.54) is 17.1 Å². The number of nitrogens with one attached hydrogen (secondary N) is 1. The van der Waals surface area contributed by atoms with Crippen molar-refractivity contribution in [3.8, 4) is 0 Å². The minimum absolute atomic E-state index is 0.829. The van der Waals surface area contributed by atoms with Crippen LogP contribution in [0.4, 0.5) is 5.00 Å². The first kappa shape index (κ1) is 14.6. The first-order valence-corrected chi connectivity index (χ1v) is 8.48. The Morgan fingerprint density at radius 1 is 1.32 bits per heavy atom. The second-order valence-corrected chi connectivity index (χ2v) is 6.21. The van der Waals surface area contributed by atoms with Crippen LogP contribution < -0.4 is 5.32 Å². The van der Waals surface area contributed by atoms with Crippen LogP contribution in [-0.4, -0.2) is 16.1 Å². The summed E-state index contributed by atoms with van der Waals surface area (Å²) in [4.78, 5) is 0. The molecule has 0 bridgehead atoms. The van der Waals surface area contributed by atoms with Gasteiger partial charge in [-0.3, -0.25) is 0 Å². The number of benzene rings is 1. The lowest BCUT2D eigenvalue weighted by Gasteiger charge is -2.05. The van der Waals surface area contributed by atoms with Crippen LogP contribution in [0.15, 0.2) is 24.3 Å². The van der Waals surface area contributed by atoms with Crippen LogP contribution in [0.1, 0.15) is 24.6 Å². The van der Waals surface area contributed by atoms with Gasteiger partial charge in [0.05, 0.1) is 0 Å². The van der Waals surface area contributed by atoms with E-state index in [0.29, 0.717) is 0 Å². The Morgan fingerprint density at radius 3 is 2.95 bits per heavy atom. The van der Waals surface area contributed by atoms with Crippen molar-refractivity contribution >= 4 is 39.9 Å². The van der Waals surface area contributed by atoms with Crippen molar-refractivity contribution in [1.82, 2.24) is 9.59 Å². The maximum atomic E-state index is 6.13. The van der Waals surface area contributed by atoms with Crippen LogP contribution >= 0.6 is 34.9 Å². The summed E-state index contributed by atoms with van der Waals surface area (Å²) in [6, 6.07) is 7.95. The summed E-state index contributed by atoms with van der Waals surface area (Å²) in [5.41, 5.74) is 2.20. The van der Waals surface area contributed by atoms with Crippen LogP contribution in [0.5, 0.6) is 0 Å². The molecular weight excluding hydrogens is 298 g/mol. The third-order valence-electron chi connectivity index (χ3n) is 2.55. The molecule has 1 aromatic carbocycles. The number of hydrogen-bond donors (Lipinski definition) is 1. The maximum Gasteiger partial charge on any atom is 0.134 e. The van der Waals surface area contributed by atoms with Gasteiger partial charge in [0.2, 0.25) is 0 Å². The molecule has 0 unspecified atom stereocenters. The molecule has 1 aromatic heterocycles. The molecule has 102 valence electrons. The second-order valence-electron chi connectivity index (χ2n) is 4.06. The summed E-state index contributed by atoms with van der Waals surface area (Å²) in [7, 11) is 0. The fraction of sp³-hybridized carbons (Fsp3) is 0.385. The van der Waals surface area contributed by atoms with E-state index in [4.69, 9.17) is 11.6 Å². The zero-order valence-electron chi connectivity index (χ0n) is 10.7. The van der Waals surface area contributed by atoms with Gasteiger partial charge in [0, 0.05) is 34.6 Å². The molecule has 0 fully saturated rings. The Kier molecular flexibility index (Phi) is 5.94. The molecule has 0 aliphatic carbocycles. The van der Waals surface area contributed by atoms with Gasteiger partial charge in [-0.05, 0) is 18.1 Å². The number of hydrogen-bond acceptors (Lipinski definition) is 5. The zero-order chi connectivity index (χ0) is 13.5. The van der Waals surface area contributed by atoms with Crippen molar-refractivity contribution in [1.29, 1.82) is 0 Å². The molecule has 0 spiro atoms. The zero-order valence-corrected chi connectivity index (χ0v) is 13.1. The normalized spacial score (nSPS) is 10.6. The summed E-state index contributed by atoms with van der Waals surface area (Å²) >= 11 is 9.37. The summed E-state index contributed by atoms with van der Waals surface area (Å²) in [5.74, 6) is 1.75. The summed E-state index contributed by atoms with van der Waals surface area (Å²) in [6.45, 7) is 3.11. The molecular formula is C13H16ClN3S2. The molecule has 0 aliphatic heterocycles. The lowest BCUT2D eigenvalue weighted by Crippen LogP contribution is -2.00. The Balaban J connectivity index is 1.86. The number of rotatable bonds is 7. The molecule has 1 N–H and O–H groups in total. The molecule has 0 atom stereocenters. The lowest BCUT2D eigenvalue weighted by molar-refractivity contribution is 0.976. The quantitative estimate of drug-likeness (QED) is 0.819. The van der Waals surface area contributed by atoms with E-state index in [1.807, 2.05) is 18.2 Å². The molecule has 0 radical (unpaired) electrons. The van der Waals surface area contributed by atoms with Gasteiger partial charge in [0.1, 0.15) is 10.7 Å². The number of thioether (sulfide) groups is 1. The van der Waals surface area contributed by atoms with Gasteiger partial charge in [-0.25, -0.2) is 0 Å². The Labute approximate surface area is 126 Å². The summed E-state index contributed by atoms with van der Waals surface area (Å²) in [6.07, 6.45) is 1.10. The molecule has 3 nitrogen and oxygen atoms in total. The van der Waals surface area contributed by atoms with Crippen molar-refractivity contribution in [3.05, 3.63) is 40.5 Å². The number of aromatic nitrogens is 2. The maximum absolute atomic E-state index is 6.13. The van der Waals surface area contributed by atoms with E-state index in [0.717, 1.165) is 40.2 Å². The SMILES string of the molecule is CCCNc1snnc1CSCc1ccccc1Cl. The van der Waals surface area contributed by atoms with Crippen LogP contribution in [0, 0.1) is 0 Å². The Morgan fingerprint density at radius 2 is 2.16 bits per heavy atom. The molecule has 6 heteroatoms. The minimum Gasteiger partial charge on any atom is -0.374 e. The topological polar surface area (TPSA) is 37.8 Å². The smallest absolute Gasteiger partial charge is 0.134 e. The molecule has 19 heavy (non-hydrogen) atoms. The highest BCUT2D eigenvalue weighted by atomic mass is 35.5. The van der Waals surface area contributed by atoms with Crippen molar-refractivity contribution in [2.75, 3.05) is 11.9 Å². The van der Waals surface area contributed by atoms with E-state index in [1.54, 1.807) is 11.8 Å². The minimum atomic E-state index is 0.829. The highest BCUT2D eigenvalue weighted by Crippen LogP contribution is 2.26. The third kappa shape index (κ3) is 4.37. The monoisotopic (exact) mass is 313 g/mol. The largest absolute Gasteiger partial charge is 0.374 e. The van der Waals surface area contributed by atoms with E-state index in [-0.39, 0.29) is 0 Å². The van der Waals surface area contributed by atoms with Gasteiger partial charge < -0.3 is 5.32 Å².